The molecule has 0 aliphatic carbocycles. The van der Waals surface area contributed by atoms with Gasteiger partial charge in [0.15, 0.2) is 0 Å². The maximum Gasteiger partial charge on any atom is 0.338 e. The fourth-order valence-electron chi connectivity index (χ4n) is 4.52. The standard InChI is InChI=1S/C30H33N3O3/c1-4-18-33(5-2)20-21-12-15-24(16-13-21)31-28(22-10-8-7-9-11-22)27-25-17-14-23(30(35)36-6-3)19-26(25)32-29(27)34/h7-17,19,27H,4-6,18,20H2,1-3H3,(H,32,34). The highest BCUT2D eigenvalue weighted by atomic mass is 16.5. The van der Waals surface area contributed by atoms with E-state index in [-0.39, 0.29) is 5.91 Å². The molecular weight excluding hydrogens is 450 g/mol. The molecule has 0 radical (unpaired) electrons. The molecule has 1 heterocycles. The van der Waals surface area contributed by atoms with Gasteiger partial charge in [-0.15, -0.1) is 0 Å². The number of hydrogen-bond acceptors (Lipinski definition) is 5. The summed E-state index contributed by atoms with van der Waals surface area (Å²) in [7, 11) is 0. The van der Waals surface area contributed by atoms with Gasteiger partial charge in [-0.05, 0) is 67.4 Å². The van der Waals surface area contributed by atoms with Gasteiger partial charge in [0.05, 0.1) is 23.6 Å². The minimum absolute atomic E-state index is 0.164. The zero-order chi connectivity index (χ0) is 25.5. The van der Waals surface area contributed by atoms with Gasteiger partial charge in [0, 0.05) is 12.2 Å². The summed E-state index contributed by atoms with van der Waals surface area (Å²) in [6.45, 7) is 9.43. The molecule has 1 N–H and O–H groups in total. The third kappa shape index (κ3) is 5.71. The molecule has 6 nitrogen and oxygen atoms in total. The lowest BCUT2D eigenvalue weighted by Gasteiger charge is -2.19. The number of carbonyl (C=O) groups is 2. The van der Waals surface area contributed by atoms with Crippen molar-refractivity contribution in [1.82, 2.24) is 4.90 Å². The summed E-state index contributed by atoms with van der Waals surface area (Å²) in [6, 6.07) is 23.2. The number of aliphatic imine (C=N–C) groups is 1. The van der Waals surface area contributed by atoms with Crippen LogP contribution in [0.1, 0.15) is 60.2 Å². The molecule has 0 saturated carbocycles. The molecular formula is C30H33N3O3. The lowest BCUT2D eigenvalue weighted by atomic mass is 9.90. The van der Waals surface area contributed by atoms with Crippen molar-refractivity contribution in [3.63, 3.8) is 0 Å². The third-order valence-electron chi connectivity index (χ3n) is 6.32. The Morgan fingerprint density at radius 1 is 0.972 bits per heavy atom. The van der Waals surface area contributed by atoms with Crippen LogP contribution in [0.2, 0.25) is 0 Å². The lowest BCUT2D eigenvalue weighted by molar-refractivity contribution is -0.115. The molecule has 1 unspecified atom stereocenters. The maximum atomic E-state index is 13.2. The van der Waals surface area contributed by atoms with Crippen molar-refractivity contribution in [1.29, 1.82) is 0 Å². The molecule has 4 rings (SSSR count). The van der Waals surface area contributed by atoms with E-state index >= 15 is 0 Å². The molecule has 3 aromatic carbocycles. The summed E-state index contributed by atoms with van der Waals surface area (Å²) < 4.78 is 5.11. The number of anilines is 1. The average molecular weight is 484 g/mol. The van der Waals surface area contributed by atoms with Crippen molar-refractivity contribution in [3.05, 3.63) is 95.1 Å². The molecule has 0 aromatic heterocycles. The summed E-state index contributed by atoms with van der Waals surface area (Å²) in [6.07, 6.45) is 1.13. The van der Waals surface area contributed by atoms with E-state index in [4.69, 9.17) is 9.73 Å². The van der Waals surface area contributed by atoms with E-state index in [1.807, 2.05) is 48.5 Å². The summed E-state index contributed by atoms with van der Waals surface area (Å²) in [4.78, 5) is 32.8. The average Bonchev–Trinajstić information content (AvgIpc) is 3.23. The number of esters is 1. The van der Waals surface area contributed by atoms with Crippen LogP contribution in [0.25, 0.3) is 0 Å². The zero-order valence-electron chi connectivity index (χ0n) is 21.2. The maximum absolute atomic E-state index is 13.2. The van der Waals surface area contributed by atoms with Crippen molar-refractivity contribution in [3.8, 4) is 0 Å². The summed E-state index contributed by atoms with van der Waals surface area (Å²) in [5.41, 5.74) is 5.40. The zero-order valence-corrected chi connectivity index (χ0v) is 21.2. The van der Waals surface area contributed by atoms with Crippen molar-refractivity contribution in [2.75, 3.05) is 25.0 Å². The third-order valence-corrected chi connectivity index (χ3v) is 6.32. The number of nitrogens with zero attached hydrogens (tertiary/aromatic N) is 2. The van der Waals surface area contributed by atoms with E-state index in [0.717, 1.165) is 42.9 Å². The highest BCUT2D eigenvalue weighted by Crippen LogP contribution is 2.37. The van der Waals surface area contributed by atoms with Gasteiger partial charge in [-0.3, -0.25) is 14.7 Å². The largest absolute Gasteiger partial charge is 0.462 e. The Morgan fingerprint density at radius 2 is 1.72 bits per heavy atom. The van der Waals surface area contributed by atoms with Crippen LogP contribution in [0.15, 0.2) is 77.8 Å². The van der Waals surface area contributed by atoms with Crippen LogP contribution >= 0.6 is 0 Å². The van der Waals surface area contributed by atoms with Crippen molar-refractivity contribution in [2.24, 2.45) is 4.99 Å². The van der Waals surface area contributed by atoms with E-state index in [1.165, 1.54) is 5.56 Å². The Bertz CT molecular complexity index is 1240. The van der Waals surface area contributed by atoms with Crippen LogP contribution in [-0.4, -0.2) is 42.2 Å². The van der Waals surface area contributed by atoms with Gasteiger partial charge < -0.3 is 10.1 Å². The molecule has 1 atom stereocenters. The molecule has 186 valence electrons. The molecule has 1 aliphatic rings. The van der Waals surface area contributed by atoms with E-state index < -0.39 is 11.9 Å². The van der Waals surface area contributed by atoms with Gasteiger partial charge in [0.1, 0.15) is 5.92 Å². The molecule has 1 amide bonds. The second kappa shape index (κ2) is 11.8. The first kappa shape index (κ1) is 25.3. The Balaban J connectivity index is 1.68. The first-order valence-electron chi connectivity index (χ1n) is 12.6. The number of carbonyl (C=O) groups excluding carboxylic acids is 2. The van der Waals surface area contributed by atoms with E-state index in [0.29, 0.717) is 23.6 Å². The molecule has 3 aromatic rings. The fraction of sp³-hybridized carbons (Fsp3) is 0.300. The lowest BCUT2D eigenvalue weighted by Crippen LogP contribution is -2.23. The van der Waals surface area contributed by atoms with Crippen LogP contribution in [-0.2, 0) is 16.1 Å². The minimum atomic E-state index is -0.585. The Labute approximate surface area is 213 Å². The van der Waals surface area contributed by atoms with Crippen LogP contribution in [0.5, 0.6) is 0 Å². The topological polar surface area (TPSA) is 71.0 Å². The number of ether oxygens (including phenoxy) is 1. The Morgan fingerprint density at radius 3 is 2.39 bits per heavy atom. The van der Waals surface area contributed by atoms with Gasteiger partial charge >= 0.3 is 5.97 Å². The van der Waals surface area contributed by atoms with E-state index in [2.05, 4.69) is 36.2 Å². The fourth-order valence-corrected chi connectivity index (χ4v) is 4.52. The van der Waals surface area contributed by atoms with E-state index in [1.54, 1.807) is 19.1 Å². The van der Waals surface area contributed by atoms with Crippen LogP contribution in [0.4, 0.5) is 11.4 Å². The number of rotatable bonds is 10. The Hall–Kier alpha value is -3.77. The van der Waals surface area contributed by atoms with Crippen molar-refractivity contribution in [2.45, 2.75) is 39.7 Å². The van der Waals surface area contributed by atoms with Crippen LogP contribution in [0.3, 0.4) is 0 Å². The van der Waals surface area contributed by atoms with Crippen molar-refractivity contribution >= 4 is 29.0 Å². The van der Waals surface area contributed by atoms with Gasteiger partial charge in [0.2, 0.25) is 5.91 Å². The first-order valence-corrected chi connectivity index (χ1v) is 12.6. The summed E-state index contributed by atoms with van der Waals surface area (Å²) in [5.74, 6) is -1.16. The molecule has 0 saturated heterocycles. The summed E-state index contributed by atoms with van der Waals surface area (Å²) >= 11 is 0. The van der Waals surface area contributed by atoms with Crippen LogP contribution < -0.4 is 5.32 Å². The number of amides is 1. The van der Waals surface area contributed by atoms with Gasteiger partial charge in [0.25, 0.3) is 0 Å². The molecule has 0 bridgehead atoms. The molecule has 1 aliphatic heterocycles. The van der Waals surface area contributed by atoms with Crippen molar-refractivity contribution < 1.29 is 14.3 Å². The predicted octanol–water partition coefficient (Wildman–Crippen LogP) is 5.95. The Kier molecular flexibility index (Phi) is 8.28. The summed E-state index contributed by atoms with van der Waals surface area (Å²) in [5, 5.41) is 2.94. The second-order valence-corrected chi connectivity index (χ2v) is 8.84. The number of fused-ring (bicyclic) bond motifs is 1. The first-order chi connectivity index (χ1) is 17.5. The molecule has 0 spiro atoms. The molecule has 36 heavy (non-hydrogen) atoms. The van der Waals surface area contributed by atoms with E-state index in [9.17, 15) is 9.59 Å². The molecule has 6 heteroatoms. The SMILES string of the molecule is CCCN(CC)Cc1ccc(N=C(c2ccccc2)C2C(=O)Nc3cc(C(=O)OCC)ccc32)cc1. The highest BCUT2D eigenvalue weighted by molar-refractivity contribution is 6.24. The minimum Gasteiger partial charge on any atom is -0.462 e. The smallest absolute Gasteiger partial charge is 0.338 e. The van der Waals surface area contributed by atoms with Gasteiger partial charge in [-0.2, -0.15) is 0 Å². The number of hydrogen-bond donors (Lipinski definition) is 1. The quantitative estimate of drug-likeness (QED) is 0.286. The van der Waals surface area contributed by atoms with Crippen LogP contribution in [0, 0.1) is 0 Å². The highest BCUT2D eigenvalue weighted by Gasteiger charge is 2.36. The normalized spacial score (nSPS) is 15.1. The predicted molar refractivity (Wildman–Crippen MR) is 144 cm³/mol. The molecule has 0 fully saturated rings. The number of nitrogens with one attached hydrogen (secondary N) is 1. The second-order valence-electron chi connectivity index (χ2n) is 8.84. The monoisotopic (exact) mass is 483 g/mol. The number of benzene rings is 3. The van der Waals surface area contributed by atoms with Gasteiger partial charge in [-0.25, -0.2) is 4.79 Å². The van der Waals surface area contributed by atoms with Gasteiger partial charge in [-0.1, -0.05) is 62.4 Å².